The number of fused-ring (bicyclic) bond motifs is 2. The van der Waals surface area contributed by atoms with E-state index >= 15 is 0 Å². The number of rotatable bonds is 2. The van der Waals surface area contributed by atoms with Crippen molar-refractivity contribution in [2.45, 2.75) is 144 Å². The van der Waals surface area contributed by atoms with E-state index in [9.17, 15) is 0 Å². The van der Waals surface area contributed by atoms with E-state index in [-0.39, 0.29) is 21.7 Å². The van der Waals surface area contributed by atoms with Crippen LogP contribution in [0.25, 0.3) is 0 Å². The van der Waals surface area contributed by atoms with E-state index in [0.29, 0.717) is 39.6 Å². The highest BCUT2D eigenvalue weighted by molar-refractivity contribution is 8.01. The normalized spacial score (nSPS) is 15.9. The Kier molecular flexibility index (Phi) is 13.8. The zero-order valence-corrected chi connectivity index (χ0v) is 40.2. The van der Waals surface area contributed by atoms with Gasteiger partial charge in [0.2, 0.25) is 0 Å². The lowest BCUT2D eigenvalue weighted by Crippen LogP contribution is -2.15. The second-order valence-corrected chi connectivity index (χ2v) is 23.3. The van der Waals surface area contributed by atoms with Crippen molar-refractivity contribution in [1.82, 2.24) is 0 Å². The molecule has 2 heterocycles. The molecule has 314 valence electrons. The molecule has 58 heavy (non-hydrogen) atoms. The average Bonchev–Trinajstić information content (AvgIpc) is 3.11. The monoisotopic (exact) mass is 862 g/mol. The molecule has 0 amide bonds. The fourth-order valence-electron chi connectivity index (χ4n) is 6.53. The van der Waals surface area contributed by atoms with Crippen molar-refractivity contribution >= 4 is 47.0 Å². The molecular weight excluding hydrogens is 801 g/mol. The Hall–Kier alpha value is -2.60. The molecule has 10 heteroatoms. The zero-order chi connectivity index (χ0) is 42.2. The van der Waals surface area contributed by atoms with Crippen LogP contribution in [0, 0.1) is 0 Å². The van der Waals surface area contributed by atoms with Gasteiger partial charge < -0.3 is 28.4 Å². The third-order valence-electron chi connectivity index (χ3n) is 10.2. The van der Waals surface area contributed by atoms with Crippen LogP contribution in [0.15, 0.2) is 87.7 Å². The van der Waals surface area contributed by atoms with Crippen molar-refractivity contribution in [1.29, 1.82) is 0 Å². The summed E-state index contributed by atoms with van der Waals surface area (Å²) >= 11 is 6.81. The Bertz CT molecular complexity index is 1870. The molecule has 0 fully saturated rings. The van der Waals surface area contributed by atoms with Gasteiger partial charge in [0.25, 0.3) is 0 Å². The molecular formula is C48H62O6S4. The van der Waals surface area contributed by atoms with Gasteiger partial charge in [0.1, 0.15) is 36.2 Å². The smallest absolute Gasteiger partial charge is 0.147 e. The molecule has 6 nitrogen and oxygen atoms in total. The Morgan fingerprint density at radius 3 is 0.810 bits per heavy atom. The SMILES string of the molecule is COc1c2cc(C(C)(C)C)cc1Sc1cc(C(C)(C)C)cc3c1OCCOCCOCCOc1c(cc(C(C)(C)C)cc1Sc1cc(C(C)(C)C)cc(c1OC)S3)S2. The van der Waals surface area contributed by atoms with Crippen LogP contribution in [-0.4, -0.2) is 53.9 Å². The fraction of sp³-hybridized carbons (Fsp3) is 0.500. The molecule has 0 spiro atoms. The zero-order valence-electron chi connectivity index (χ0n) is 36.9. The lowest BCUT2D eigenvalue weighted by molar-refractivity contribution is 0.0263. The predicted octanol–water partition coefficient (Wildman–Crippen LogP) is 13.6. The number of benzene rings is 4. The molecule has 0 atom stereocenters. The molecule has 0 saturated heterocycles. The quantitative estimate of drug-likeness (QED) is 0.171. The van der Waals surface area contributed by atoms with E-state index in [0.717, 1.165) is 62.2 Å². The summed E-state index contributed by atoms with van der Waals surface area (Å²) in [6, 6.07) is 18.4. The average molecular weight is 863 g/mol. The summed E-state index contributed by atoms with van der Waals surface area (Å²) < 4.78 is 38.7. The highest BCUT2D eigenvalue weighted by Gasteiger charge is 2.30. The van der Waals surface area contributed by atoms with Crippen LogP contribution in [0.3, 0.4) is 0 Å². The molecule has 2 aliphatic heterocycles. The van der Waals surface area contributed by atoms with E-state index in [1.54, 1.807) is 61.3 Å². The lowest BCUT2D eigenvalue weighted by atomic mass is 9.87. The van der Waals surface area contributed by atoms with Gasteiger partial charge in [0, 0.05) is 0 Å². The van der Waals surface area contributed by atoms with Crippen LogP contribution in [0.5, 0.6) is 23.0 Å². The highest BCUT2D eigenvalue weighted by Crippen LogP contribution is 2.56. The minimum absolute atomic E-state index is 0.132. The van der Waals surface area contributed by atoms with Crippen molar-refractivity contribution in [2.24, 2.45) is 0 Å². The van der Waals surface area contributed by atoms with Crippen molar-refractivity contribution < 1.29 is 28.4 Å². The summed E-state index contributed by atoms with van der Waals surface area (Å²) in [5.74, 6) is 3.28. The summed E-state index contributed by atoms with van der Waals surface area (Å²) in [5.41, 5.74) is 4.32. The largest absolute Gasteiger partial charge is 0.494 e. The number of methoxy groups -OCH3 is 2. The second-order valence-electron chi connectivity index (χ2n) is 18.9. The van der Waals surface area contributed by atoms with Gasteiger partial charge in [-0.1, -0.05) is 130 Å². The van der Waals surface area contributed by atoms with Gasteiger partial charge >= 0.3 is 0 Å². The van der Waals surface area contributed by atoms with Gasteiger partial charge in [0.15, 0.2) is 0 Å². The van der Waals surface area contributed by atoms with E-state index in [1.165, 1.54) is 22.3 Å². The molecule has 0 N–H and O–H groups in total. The van der Waals surface area contributed by atoms with Gasteiger partial charge in [-0.2, -0.15) is 0 Å². The Morgan fingerprint density at radius 2 is 0.586 bits per heavy atom. The maximum absolute atomic E-state index is 6.86. The topological polar surface area (TPSA) is 55.4 Å². The summed E-state index contributed by atoms with van der Waals surface area (Å²) in [7, 11) is 3.56. The highest BCUT2D eigenvalue weighted by atomic mass is 32.2. The van der Waals surface area contributed by atoms with Crippen LogP contribution in [0.1, 0.15) is 105 Å². The summed E-state index contributed by atoms with van der Waals surface area (Å²) in [5, 5.41) is 0. The molecule has 0 radical (unpaired) electrons. The Labute approximate surface area is 365 Å². The molecule has 6 rings (SSSR count). The first-order valence-electron chi connectivity index (χ1n) is 20.1. The molecule has 4 aromatic rings. The molecule has 4 aromatic carbocycles. The summed E-state index contributed by atoms with van der Waals surface area (Å²) in [4.78, 5) is 8.18. The Balaban J connectivity index is 1.78. The number of ether oxygens (including phenoxy) is 6. The van der Waals surface area contributed by atoms with E-state index in [1.807, 2.05) is 0 Å². The first kappa shape index (κ1) is 44.9. The Morgan fingerprint density at radius 1 is 0.362 bits per heavy atom. The first-order chi connectivity index (χ1) is 27.2. The maximum atomic E-state index is 6.86. The van der Waals surface area contributed by atoms with Crippen LogP contribution in [0.4, 0.5) is 0 Å². The maximum Gasteiger partial charge on any atom is 0.147 e. The van der Waals surface area contributed by atoms with Crippen LogP contribution in [0.2, 0.25) is 0 Å². The van der Waals surface area contributed by atoms with E-state index in [4.69, 9.17) is 28.4 Å². The van der Waals surface area contributed by atoms with Gasteiger partial charge in [-0.05, 0) is 92.4 Å². The summed E-state index contributed by atoms with van der Waals surface area (Å²) in [6.07, 6.45) is 0. The fourth-order valence-corrected chi connectivity index (χ4v) is 11.4. The molecule has 0 aromatic heterocycles. The number of hydrogen-bond acceptors (Lipinski definition) is 10. The third-order valence-corrected chi connectivity index (χ3v) is 14.3. The van der Waals surface area contributed by atoms with Gasteiger partial charge in [-0.3, -0.25) is 0 Å². The second kappa shape index (κ2) is 17.8. The van der Waals surface area contributed by atoms with Gasteiger partial charge in [0.05, 0.1) is 79.8 Å². The van der Waals surface area contributed by atoms with Crippen molar-refractivity contribution in [2.75, 3.05) is 53.9 Å². The van der Waals surface area contributed by atoms with Crippen molar-refractivity contribution in [3.8, 4) is 23.0 Å². The molecule has 0 unspecified atom stereocenters. The van der Waals surface area contributed by atoms with E-state index in [2.05, 4.69) is 132 Å². The molecule has 0 saturated carbocycles. The molecule has 2 aliphatic rings. The van der Waals surface area contributed by atoms with Crippen LogP contribution >= 0.6 is 47.0 Å². The lowest BCUT2D eigenvalue weighted by Gasteiger charge is -2.28. The number of hydrogen-bond donors (Lipinski definition) is 0. The third kappa shape index (κ3) is 10.5. The van der Waals surface area contributed by atoms with Gasteiger partial charge in [-0.25, -0.2) is 0 Å². The standard InChI is InChI=1S/C48H62O6S4/c1-45(2,3)29-21-33-41(49-13)34(22-29)56-38-26-32(48(10,11)12)28-40-44(38)54-20-18-52-16-15-51-17-19-53-43-37(55-33)25-31(47(7,8)9)27-39(43)57-35-23-30(46(4,5)6)24-36(58-40)42(35)50-14/h21-28H,15-20H2,1-14H3. The van der Waals surface area contributed by atoms with E-state index < -0.39 is 0 Å². The molecule has 0 aliphatic carbocycles. The molecule has 10 bridgehead atoms. The summed E-state index contributed by atoms with van der Waals surface area (Å²) in [6.45, 7) is 29.8. The van der Waals surface area contributed by atoms with Gasteiger partial charge in [-0.15, -0.1) is 0 Å². The minimum atomic E-state index is -0.139. The van der Waals surface area contributed by atoms with Crippen molar-refractivity contribution in [3.63, 3.8) is 0 Å². The van der Waals surface area contributed by atoms with Crippen molar-refractivity contribution in [3.05, 3.63) is 70.8 Å². The van der Waals surface area contributed by atoms with Crippen LogP contribution < -0.4 is 18.9 Å². The minimum Gasteiger partial charge on any atom is -0.494 e. The van der Waals surface area contributed by atoms with Crippen LogP contribution in [-0.2, 0) is 31.1 Å². The predicted molar refractivity (Wildman–Crippen MR) is 243 cm³/mol. The first-order valence-corrected chi connectivity index (χ1v) is 23.4.